The van der Waals surface area contributed by atoms with Crippen LogP contribution >= 0.6 is 0 Å². The van der Waals surface area contributed by atoms with Gasteiger partial charge in [0.05, 0.1) is 12.7 Å². The second-order valence-electron chi connectivity index (χ2n) is 3.68. The van der Waals surface area contributed by atoms with Gasteiger partial charge in [0.15, 0.2) is 0 Å². The number of carboxylic acid groups (broad SMARTS) is 1. The molecule has 8 heteroatoms. The first-order valence-corrected chi connectivity index (χ1v) is 4.60. The summed E-state index contributed by atoms with van der Waals surface area (Å²) in [5.41, 5.74) is 0. The summed E-state index contributed by atoms with van der Waals surface area (Å²) in [6.45, 7) is -0.801. The average molecular weight is 238 g/mol. The van der Waals surface area contributed by atoms with Crippen LogP contribution in [0.4, 0.5) is 0 Å². The smallest absolute Gasteiger partial charge is 0.364 e. The summed E-state index contributed by atoms with van der Waals surface area (Å²) in [6.07, 6.45) is -7.05. The summed E-state index contributed by atoms with van der Waals surface area (Å²) in [7, 11) is 0. The third-order valence-electron chi connectivity index (χ3n) is 2.45. The van der Waals surface area contributed by atoms with Crippen molar-refractivity contribution in [1.82, 2.24) is 0 Å². The first kappa shape index (κ1) is 13.3. The Balaban J connectivity index is 2.89. The number of hydrogen-bond donors (Lipinski definition) is 6. The molecule has 0 aliphatic carbocycles. The van der Waals surface area contributed by atoms with Crippen LogP contribution in [0.25, 0.3) is 0 Å². The van der Waals surface area contributed by atoms with Crippen molar-refractivity contribution >= 4 is 5.97 Å². The molecule has 0 aromatic carbocycles. The van der Waals surface area contributed by atoms with Gasteiger partial charge < -0.3 is 35.4 Å². The van der Waals surface area contributed by atoms with Crippen molar-refractivity contribution in [3.8, 4) is 0 Å². The molecule has 3 unspecified atom stereocenters. The van der Waals surface area contributed by atoms with Crippen LogP contribution in [0.1, 0.15) is 6.42 Å². The minimum atomic E-state index is -2.68. The lowest BCUT2D eigenvalue weighted by Gasteiger charge is -2.41. The van der Waals surface area contributed by atoms with Crippen molar-refractivity contribution in [2.75, 3.05) is 6.61 Å². The van der Waals surface area contributed by atoms with E-state index in [0.717, 1.165) is 0 Å². The van der Waals surface area contributed by atoms with E-state index in [4.69, 9.17) is 10.2 Å². The second kappa shape index (κ2) is 4.62. The number of hydrogen-bond acceptors (Lipinski definition) is 7. The fraction of sp³-hybridized carbons (Fsp3) is 0.875. The number of aliphatic hydroxyl groups is 5. The predicted molar refractivity (Wildman–Crippen MR) is 47.2 cm³/mol. The highest BCUT2D eigenvalue weighted by Crippen LogP contribution is 2.29. The van der Waals surface area contributed by atoms with E-state index in [0.29, 0.717) is 0 Å². The van der Waals surface area contributed by atoms with E-state index >= 15 is 0 Å². The highest BCUT2D eigenvalue weighted by molar-refractivity contribution is 5.75. The molecular formula is C8H14O8. The number of ether oxygens (including phenoxy) is 1. The lowest BCUT2D eigenvalue weighted by Crippen LogP contribution is -2.61. The quantitative estimate of drug-likeness (QED) is 0.298. The Labute approximate surface area is 90.3 Å². The molecule has 5 atom stereocenters. The first-order valence-electron chi connectivity index (χ1n) is 4.60. The van der Waals surface area contributed by atoms with E-state index in [-0.39, 0.29) is 0 Å². The van der Waals surface area contributed by atoms with Gasteiger partial charge in [-0.25, -0.2) is 4.79 Å². The maximum Gasteiger partial charge on any atom is 0.364 e. The van der Waals surface area contributed by atoms with Gasteiger partial charge in [0.2, 0.25) is 0 Å². The van der Waals surface area contributed by atoms with Crippen molar-refractivity contribution in [2.45, 2.75) is 36.6 Å². The molecule has 1 heterocycles. The number of rotatable bonds is 3. The van der Waals surface area contributed by atoms with Gasteiger partial charge in [-0.1, -0.05) is 0 Å². The Bertz CT molecular complexity index is 269. The summed E-state index contributed by atoms with van der Waals surface area (Å²) < 4.78 is 4.61. The molecule has 0 radical (unpaired) electrons. The Morgan fingerprint density at radius 3 is 2.50 bits per heavy atom. The third kappa shape index (κ3) is 2.32. The average Bonchev–Trinajstić information content (AvgIpc) is 2.22. The Kier molecular flexibility index (Phi) is 3.84. The Morgan fingerprint density at radius 1 is 1.50 bits per heavy atom. The zero-order valence-corrected chi connectivity index (χ0v) is 8.22. The third-order valence-corrected chi connectivity index (χ3v) is 2.45. The van der Waals surface area contributed by atoms with Crippen LogP contribution in [0.15, 0.2) is 0 Å². The van der Waals surface area contributed by atoms with E-state index in [9.17, 15) is 25.2 Å². The molecule has 0 aromatic rings. The van der Waals surface area contributed by atoms with Crippen LogP contribution in [0, 0.1) is 0 Å². The first-order chi connectivity index (χ1) is 7.31. The van der Waals surface area contributed by atoms with E-state index in [1.165, 1.54) is 0 Å². The summed E-state index contributed by atoms with van der Waals surface area (Å²) in [6, 6.07) is 0. The van der Waals surface area contributed by atoms with Gasteiger partial charge >= 0.3 is 5.97 Å². The van der Waals surface area contributed by atoms with E-state index in [1.807, 2.05) is 0 Å². The van der Waals surface area contributed by atoms with E-state index in [2.05, 4.69) is 4.74 Å². The standard InChI is InChI=1S/C8H14O8/c9-2-4(11)6-5(12)3(10)1-8(15,16-6)7(13)14/h3-6,9-12,15H,1-2H2,(H,13,14)/t3?,4?,5?,6-,8+/m1/s1. The summed E-state index contributed by atoms with van der Waals surface area (Å²) >= 11 is 0. The van der Waals surface area contributed by atoms with Gasteiger partial charge in [-0.05, 0) is 0 Å². The van der Waals surface area contributed by atoms with Crippen LogP contribution in [0.3, 0.4) is 0 Å². The zero-order valence-electron chi connectivity index (χ0n) is 8.22. The van der Waals surface area contributed by atoms with Gasteiger partial charge in [0, 0.05) is 6.42 Å². The van der Waals surface area contributed by atoms with Crippen molar-refractivity contribution < 1.29 is 40.2 Å². The molecule has 1 aliphatic heterocycles. The molecule has 0 amide bonds. The highest BCUT2D eigenvalue weighted by atomic mass is 16.7. The van der Waals surface area contributed by atoms with Gasteiger partial charge in [-0.15, -0.1) is 0 Å². The minimum Gasteiger partial charge on any atom is -0.477 e. The summed E-state index contributed by atoms with van der Waals surface area (Å²) in [4.78, 5) is 10.7. The van der Waals surface area contributed by atoms with Gasteiger partial charge in [0.25, 0.3) is 5.79 Å². The highest BCUT2D eigenvalue weighted by Gasteiger charge is 2.52. The van der Waals surface area contributed by atoms with Gasteiger partial charge in [-0.3, -0.25) is 0 Å². The molecule has 16 heavy (non-hydrogen) atoms. The normalized spacial score (nSPS) is 41.7. The molecule has 8 nitrogen and oxygen atoms in total. The van der Waals surface area contributed by atoms with E-state index in [1.54, 1.807) is 0 Å². The molecule has 0 spiro atoms. The molecule has 1 saturated heterocycles. The molecule has 6 N–H and O–H groups in total. The number of carboxylic acids is 1. The van der Waals surface area contributed by atoms with Gasteiger partial charge in [-0.2, -0.15) is 0 Å². The minimum absolute atomic E-state index is 0.724. The number of aliphatic carboxylic acids is 1. The van der Waals surface area contributed by atoms with Crippen LogP contribution < -0.4 is 0 Å². The molecular weight excluding hydrogens is 224 g/mol. The van der Waals surface area contributed by atoms with Crippen molar-refractivity contribution in [3.63, 3.8) is 0 Å². The topological polar surface area (TPSA) is 148 Å². The van der Waals surface area contributed by atoms with Crippen LogP contribution in [0.2, 0.25) is 0 Å². The predicted octanol–water partition coefficient (Wildman–Crippen LogP) is -3.38. The summed E-state index contributed by atoms with van der Waals surface area (Å²) in [5.74, 6) is -4.42. The number of carbonyl (C=O) groups is 1. The molecule has 0 bridgehead atoms. The molecule has 1 rings (SSSR count). The monoisotopic (exact) mass is 238 g/mol. The zero-order chi connectivity index (χ0) is 12.5. The largest absolute Gasteiger partial charge is 0.477 e. The van der Waals surface area contributed by atoms with Gasteiger partial charge in [0.1, 0.15) is 18.3 Å². The van der Waals surface area contributed by atoms with Crippen LogP contribution in [0.5, 0.6) is 0 Å². The molecule has 1 fully saturated rings. The SMILES string of the molecule is O=C(O)[C@]1(O)CC(O)C(O)[C@@H](C(O)CO)O1. The lowest BCUT2D eigenvalue weighted by atomic mass is 9.93. The van der Waals surface area contributed by atoms with E-state index < -0.39 is 49.2 Å². The van der Waals surface area contributed by atoms with Crippen molar-refractivity contribution in [1.29, 1.82) is 0 Å². The molecule has 94 valence electrons. The maximum absolute atomic E-state index is 10.7. The Morgan fingerprint density at radius 2 is 2.06 bits per heavy atom. The fourth-order valence-corrected chi connectivity index (χ4v) is 1.51. The summed E-state index contributed by atoms with van der Waals surface area (Å²) in [5, 5.41) is 54.7. The van der Waals surface area contributed by atoms with Crippen LogP contribution in [-0.4, -0.2) is 73.4 Å². The van der Waals surface area contributed by atoms with Crippen LogP contribution in [-0.2, 0) is 9.53 Å². The maximum atomic E-state index is 10.7. The van der Waals surface area contributed by atoms with Crippen molar-refractivity contribution in [3.05, 3.63) is 0 Å². The molecule has 0 aromatic heterocycles. The fourth-order valence-electron chi connectivity index (χ4n) is 1.51. The molecule has 1 aliphatic rings. The lowest BCUT2D eigenvalue weighted by molar-refractivity contribution is -0.308. The van der Waals surface area contributed by atoms with Crippen molar-refractivity contribution in [2.24, 2.45) is 0 Å². The second-order valence-corrected chi connectivity index (χ2v) is 3.68. The molecule has 0 saturated carbocycles. The Hall–Kier alpha value is -0.770. The number of aliphatic hydroxyl groups excluding tert-OH is 4.